The fourth-order valence-corrected chi connectivity index (χ4v) is 3.06. The quantitative estimate of drug-likeness (QED) is 0.242. The van der Waals surface area contributed by atoms with Crippen molar-refractivity contribution in [3.8, 4) is 0 Å². The van der Waals surface area contributed by atoms with Gasteiger partial charge in [-0.05, 0) is 31.4 Å². The van der Waals surface area contributed by atoms with Crippen LogP contribution in [0.3, 0.4) is 0 Å². The van der Waals surface area contributed by atoms with Crippen LogP contribution < -0.4 is 10.6 Å². The highest BCUT2D eigenvalue weighted by atomic mass is 16.2. The van der Waals surface area contributed by atoms with Gasteiger partial charge in [0.1, 0.15) is 0 Å². The maximum Gasteiger partial charge on any atom is 0.243 e. The van der Waals surface area contributed by atoms with Crippen molar-refractivity contribution in [1.29, 1.82) is 0 Å². The van der Waals surface area contributed by atoms with Crippen molar-refractivity contribution in [3.05, 3.63) is 25.3 Å². The zero-order valence-corrected chi connectivity index (χ0v) is 18.1. The van der Waals surface area contributed by atoms with E-state index in [4.69, 9.17) is 0 Å². The van der Waals surface area contributed by atoms with E-state index in [-0.39, 0.29) is 11.8 Å². The molecule has 0 unspecified atom stereocenters. The van der Waals surface area contributed by atoms with Gasteiger partial charge >= 0.3 is 0 Å². The summed E-state index contributed by atoms with van der Waals surface area (Å²) in [5.74, 6) is -0.187. The fourth-order valence-electron chi connectivity index (χ4n) is 3.06. The first-order valence-electron chi connectivity index (χ1n) is 10.1. The van der Waals surface area contributed by atoms with Gasteiger partial charge in [-0.15, -0.1) is 0 Å². The Balaban J connectivity index is 3.79. The molecule has 0 atom stereocenters. The lowest BCUT2D eigenvalue weighted by Gasteiger charge is -2.31. The van der Waals surface area contributed by atoms with Crippen molar-refractivity contribution in [3.63, 3.8) is 0 Å². The monoisotopic (exact) mass is 382 g/mol. The summed E-state index contributed by atoms with van der Waals surface area (Å²) in [6, 6.07) is 0. The number of rotatable bonds is 16. The van der Waals surface area contributed by atoms with Gasteiger partial charge in [0.25, 0.3) is 0 Å². The predicted molar refractivity (Wildman–Crippen MR) is 113 cm³/mol. The highest BCUT2D eigenvalue weighted by molar-refractivity contribution is 5.87. The molecule has 27 heavy (non-hydrogen) atoms. The van der Waals surface area contributed by atoms with E-state index in [0.29, 0.717) is 13.1 Å². The molecule has 0 saturated heterocycles. The van der Waals surface area contributed by atoms with Gasteiger partial charge in [0, 0.05) is 25.9 Å². The van der Waals surface area contributed by atoms with Gasteiger partial charge in [0.2, 0.25) is 11.8 Å². The van der Waals surface area contributed by atoms with Crippen molar-refractivity contribution in [2.75, 3.05) is 67.5 Å². The number of carbonyl (C=O) groups excluding carboxylic acids is 2. The van der Waals surface area contributed by atoms with Gasteiger partial charge < -0.3 is 19.6 Å². The van der Waals surface area contributed by atoms with Crippen molar-refractivity contribution in [1.82, 2.24) is 10.6 Å². The number of nitrogens with zero attached hydrogens (tertiary/aromatic N) is 2. The molecule has 2 amide bonds. The van der Waals surface area contributed by atoms with E-state index in [1.165, 1.54) is 31.4 Å². The second kappa shape index (κ2) is 13.5. The molecule has 156 valence electrons. The minimum atomic E-state index is -0.0934. The molecule has 0 aromatic heterocycles. The average Bonchev–Trinajstić information content (AvgIpc) is 2.61. The van der Waals surface area contributed by atoms with Gasteiger partial charge in [-0.2, -0.15) is 0 Å². The molecule has 0 aliphatic rings. The zero-order chi connectivity index (χ0) is 20.8. The van der Waals surface area contributed by atoms with E-state index >= 15 is 0 Å². The lowest BCUT2D eigenvalue weighted by Crippen LogP contribution is -2.43. The van der Waals surface area contributed by atoms with Crippen LogP contribution in [0.2, 0.25) is 0 Å². The normalized spacial score (nSPS) is 11.7. The minimum Gasteiger partial charge on any atom is -0.352 e. The second-order valence-electron chi connectivity index (χ2n) is 8.52. The Hall–Kier alpha value is -1.66. The molecule has 6 nitrogen and oxygen atoms in total. The first kappa shape index (κ1) is 25.3. The second-order valence-corrected chi connectivity index (χ2v) is 8.52. The Kier molecular flexibility index (Phi) is 12.7. The fraction of sp³-hybridized carbons (Fsp3) is 0.714. The van der Waals surface area contributed by atoms with Crippen LogP contribution in [0.15, 0.2) is 25.3 Å². The maximum atomic E-state index is 11.1. The predicted octanol–water partition coefficient (Wildman–Crippen LogP) is 1.69. The zero-order valence-electron chi connectivity index (χ0n) is 18.1. The summed E-state index contributed by atoms with van der Waals surface area (Å²) in [6.45, 7) is 12.8. The van der Waals surface area contributed by atoms with E-state index in [1.807, 2.05) is 0 Å². The molecule has 0 aliphatic carbocycles. The summed E-state index contributed by atoms with van der Waals surface area (Å²) in [5.41, 5.74) is 0. The number of quaternary nitrogens is 2. The number of hydrogen-bond donors (Lipinski definition) is 2. The third kappa shape index (κ3) is 15.1. The third-order valence-corrected chi connectivity index (χ3v) is 4.88. The maximum absolute atomic E-state index is 11.1. The molecule has 0 aromatic carbocycles. The molecule has 6 heteroatoms. The number of nitrogens with one attached hydrogen (secondary N) is 2. The summed E-state index contributed by atoms with van der Waals surface area (Å²) in [6.07, 6.45) is 8.29. The van der Waals surface area contributed by atoms with E-state index < -0.39 is 0 Å². The summed E-state index contributed by atoms with van der Waals surface area (Å²) in [7, 11) is 9.03. The van der Waals surface area contributed by atoms with Crippen LogP contribution in [0.25, 0.3) is 0 Å². The van der Waals surface area contributed by atoms with Gasteiger partial charge in [-0.3, -0.25) is 9.59 Å². The molecule has 0 spiro atoms. The molecule has 0 rings (SSSR count). The Morgan fingerprint density at radius 3 is 1.33 bits per heavy atom. The van der Waals surface area contributed by atoms with E-state index in [9.17, 15) is 9.59 Å². The summed E-state index contributed by atoms with van der Waals surface area (Å²) >= 11 is 0. The van der Waals surface area contributed by atoms with Crippen molar-refractivity contribution >= 4 is 11.8 Å². The first-order chi connectivity index (χ1) is 12.6. The number of unbranched alkanes of at least 4 members (excludes halogenated alkanes) is 2. The molecule has 0 heterocycles. The van der Waals surface area contributed by atoms with Crippen LogP contribution in [0, 0.1) is 0 Å². The molecule has 0 saturated carbocycles. The lowest BCUT2D eigenvalue weighted by atomic mass is 10.2. The van der Waals surface area contributed by atoms with Crippen LogP contribution in [0.1, 0.15) is 32.1 Å². The Bertz CT molecular complexity index is 431. The molecule has 0 fully saturated rings. The molecular weight excluding hydrogens is 340 g/mol. The van der Waals surface area contributed by atoms with E-state index in [2.05, 4.69) is 52.0 Å². The SMILES string of the molecule is C=CC(=O)NCCC[N+](C)(C)CCCCC[N+](C)(C)CCCNC(=O)C=C. The highest BCUT2D eigenvalue weighted by Crippen LogP contribution is 2.08. The molecule has 0 aromatic rings. The van der Waals surface area contributed by atoms with E-state index in [0.717, 1.165) is 48.0 Å². The Morgan fingerprint density at radius 2 is 1.00 bits per heavy atom. The highest BCUT2D eigenvalue weighted by Gasteiger charge is 2.16. The van der Waals surface area contributed by atoms with Crippen LogP contribution in [-0.4, -0.2) is 88.2 Å². The molecule has 0 radical (unpaired) electrons. The van der Waals surface area contributed by atoms with Crippen LogP contribution in [0.4, 0.5) is 0 Å². The number of amides is 2. The molecule has 2 N–H and O–H groups in total. The van der Waals surface area contributed by atoms with Crippen LogP contribution in [-0.2, 0) is 9.59 Å². The summed E-state index contributed by atoms with van der Waals surface area (Å²) < 4.78 is 1.98. The molecular formula is C21H42N4O2+2. The molecule has 0 aliphatic heterocycles. The first-order valence-corrected chi connectivity index (χ1v) is 10.1. The summed E-state index contributed by atoms with van der Waals surface area (Å²) in [4.78, 5) is 22.3. The average molecular weight is 383 g/mol. The third-order valence-electron chi connectivity index (χ3n) is 4.88. The van der Waals surface area contributed by atoms with Gasteiger partial charge in [0.15, 0.2) is 0 Å². The van der Waals surface area contributed by atoms with Gasteiger partial charge in [-0.1, -0.05) is 13.2 Å². The van der Waals surface area contributed by atoms with Gasteiger partial charge in [0.05, 0.1) is 54.4 Å². The molecule has 0 bridgehead atoms. The Labute approximate surface area is 166 Å². The van der Waals surface area contributed by atoms with Crippen molar-refractivity contribution in [2.45, 2.75) is 32.1 Å². The van der Waals surface area contributed by atoms with Crippen molar-refractivity contribution in [2.24, 2.45) is 0 Å². The minimum absolute atomic E-state index is 0.0934. The summed E-state index contributed by atoms with van der Waals surface area (Å²) in [5, 5.41) is 5.66. The lowest BCUT2D eigenvalue weighted by molar-refractivity contribution is -0.892. The van der Waals surface area contributed by atoms with Crippen LogP contribution in [0.5, 0.6) is 0 Å². The largest absolute Gasteiger partial charge is 0.352 e. The van der Waals surface area contributed by atoms with E-state index in [1.54, 1.807) is 0 Å². The number of carbonyl (C=O) groups is 2. The number of hydrogen-bond acceptors (Lipinski definition) is 2. The smallest absolute Gasteiger partial charge is 0.243 e. The topological polar surface area (TPSA) is 58.2 Å². The standard InChI is InChI=1S/C21H40N4O2/c1-7-20(26)22-14-12-18-24(3,4)16-10-9-11-17-25(5,6)19-13-15-23-21(27)8-2/h7-8H,1-2,9-19H2,3-6H3/p+2. The Morgan fingerprint density at radius 1 is 0.667 bits per heavy atom. The van der Waals surface area contributed by atoms with Crippen LogP contribution >= 0.6 is 0 Å². The van der Waals surface area contributed by atoms with Crippen molar-refractivity contribution < 1.29 is 18.6 Å². The van der Waals surface area contributed by atoms with Gasteiger partial charge in [-0.25, -0.2) is 0 Å².